The van der Waals surface area contributed by atoms with Gasteiger partial charge in [0.05, 0.1) is 24.5 Å². The zero-order chi connectivity index (χ0) is 19.3. The predicted octanol–water partition coefficient (Wildman–Crippen LogP) is 2.53. The lowest BCUT2D eigenvalue weighted by molar-refractivity contribution is -0.132. The van der Waals surface area contributed by atoms with E-state index in [0.29, 0.717) is 44.6 Å². The first-order chi connectivity index (χ1) is 13.7. The Morgan fingerprint density at radius 3 is 2.71 bits per heavy atom. The van der Waals surface area contributed by atoms with Crippen LogP contribution in [-0.2, 0) is 30.7 Å². The smallest absolute Gasteiger partial charge is 0.223 e. The second kappa shape index (κ2) is 8.35. The average molecular weight is 376 g/mol. The maximum atomic E-state index is 12.6. The lowest BCUT2D eigenvalue weighted by atomic mass is 10.1. The number of carbonyl (C=O) groups is 1. The van der Waals surface area contributed by atoms with Gasteiger partial charge in [0.1, 0.15) is 6.10 Å². The Labute approximate surface area is 164 Å². The number of amides is 1. The van der Waals surface area contributed by atoms with Crippen LogP contribution in [0.15, 0.2) is 60.9 Å². The third-order valence-corrected chi connectivity index (χ3v) is 5.13. The van der Waals surface area contributed by atoms with Crippen molar-refractivity contribution in [3.05, 3.63) is 83.4 Å². The number of hydrogen-bond acceptors (Lipinski definition) is 4. The first-order valence-electron chi connectivity index (χ1n) is 9.64. The van der Waals surface area contributed by atoms with Crippen LogP contribution in [0.25, 0.3) is 0 Å². The van der Waals surface area contributed by atoms with Gasteiger partial charge in [0.25, 0.3) is 0 Å². The molecule has 0 fully saturated rings. The third-order valence-electron chi connectivity index (χ3n) is 5.13. The Morgan fingerprint density at radius 2 is 1.93 bits per heavy atom. The van der Waals surface area contributed by atoms with Gasteiger partial charge in [-0.05, 0) is 29.7 Å². The number of hydrogen-bond donors (Lipinski definition) is 1. The summed E-state index contributed by atoms with van der Waals surface area (Å²) >= 11 is 0. The average Bonchev–Trinajstić information content (AvgIpc) is 3.17. The number of pyridine rings is 1. The van der Waals surface area contributed by atoms with Crippen LogP contribution in [0.4, 0.5) is 0 Å². The van der Waals surface area contributed by atoms with Crippen LogP contribution in [0.1, 0.15) is 35.0 Å². The summed E-state index contributed by atoms with van der Waals surface area (Å²) in [6, 6.07) is 15.7. The van der Waals surface area contributed by atoms with Gasteiger partial charge in [0.2, 0.25) is 5.91 Å². The van der Waals surface area contributed by atoms with Crippen LogP contribution in [-0.4, -0.2) is 37.2 Å². The molecule has 1 atom stereocenters. The largest absolute Gasteiger partial charge is 0.386 e. The van der Waals surface area contributed by atoms with Crippen LogP contribution in [0.2, 0.25) is 0 Å². The standard InChI is InChI=1S/C22H24N4O2/c27-21(13-17-5-2-1-3-6-17)20-14-19-16-25(11-12-26(19)24-20)22(28)9-8-18-7-4-10-23-15-18/h1-7,10,14-15,21,27H,8-9,11-13,16H2/t21-/m1/s1. The van der Waals surface area contributed by atoms with Crippen molar-refractivity contribution >= 4 is 5.91 Å². The summed E-state index contributed by atoms with van der Waals surface area (Å²) in [4.78, 5) is 18.6. The highest BCUT2D eigenvalue weighted by Gasteiger charge is 2.24. The number of fused-ring (bicyclic) bond motifs is 1. The molecular formula is C22H24N4O2. The fraction of sp³-hybridized carbons (Fsp3) is 0.318. The number of carbonyl (C=O) groups excluding carboxylic acids is 1. The van der Waals surface area contributed by atoms with Crippen molar-refractivity contribution in [1.82, 2.24) is 19.7 Å². The van der Waals surface area contributed by atoms with Crippen LogP contribution < -0.4 is 0 Å². The molecule has 0 unspecified atom stereocenters. The number of aryl methyl sites for hydroxylation is 1. The SMILES string of the molecule is O=C(CCc1cccnc1)N1CCn2nc([C@H](O)Cc3ccccc3)cc2C1. The summed E-state index contributed by atoms with van der Waals surface area (Å²) in [5, 5.41) is 15.1. The molecule has 0 bridgehead atoms. The van der Waals surface area contributed by atoms with E-state index in [4.69, 9.17) is 0 Å². The molecule has 144 valence electrons. The lowest BCUT2D eigenvalue weighted by Crippen LogP contribution is -2.38. The van der Waals surface area contributed by atoms with Gasteiger partial charge < -0.3 is 10.0 Å². The van der Waals surface area contributed by atoms with Crippen LogP contribution in [0.3, 0.4) is 0 Å². The maximum absolute atomic E-state index is 12.6. The van der Waals surface area contributed by atoms with Crippen molar-refractivity contribution in [2.24, 2.45) is 0 Å². The first-order valence-corrected chi connectivity index (χ1v) is 9.64. The van der Waals surface area contributed by atoms with Crippen molar-refractivity contribution in [1.29, 1.82) is 0 Å². The van der Waals surface area contributed by atoms with Gasteiger partial charge >= 0.3 is 0 Å². The fourth-order valence-electron chi connectivity index (χ4n) is 3.56. The number of aromatic nitrogens is 3. The van der Waals surface area contributed by atoms with Crippen molar-refractivity contribution in [2.45, 2.75) is 38.5 Å². The summed E-state index contributed by atoms with van der Waals surface area (Å²) < 4.78 is 1.91. The van der Waals surface area contributed by atoms with Gasteiger partial charge in [-0.2, -0.15) is 5.10 Å². The van der Waals surface area contributed by atoms with Crippen molar-refractivity contribution in [3.63, 3.8) is 0 Å². The molecule has 4 rings (SSSR count). The number of nitrogens with zero attached hydrogens (tertiary/aromatic N) is 4. The third kappa shape index (κ3) is 4.28. The van der Waals surface area contributed by atoms with E-state index in [9.17, 15) is 9.90 Å². The van der Waals surface area contributed by atoms with Gasteiger partial charge in [0, 0.05) is 31.8 Å². The van der Waals surface area contributed by atoms with E-state index in [1.807, 2.05) is 58.1 Å². The summed E-state index contributed by atoms with van der Waals surface area (Å²) in [5.74, 6) is 0.141. The van der Waals surface area contributed by atoms with Gasteiger partial charge in [-0.1, -0.05) is 36.4 Å². The van der Waals surface area contributed by atoms with E-state index >= 15 is 0 Å². The lowest BCUT2D eigenvalue weighted by Gasteiger charge is -2.27. The van der Waals surface area contributed by atoms with E-state index < -0.39 is 6.10 Å². The Hall–Kier alpha value is -2.99. The molecule has 2 aromatic heterocycles. The predicted molar refractivity (Wildman–Crippen MR) is 105 cm³/mol. The maximum Gasteiger partial charge on any atom is 0.223 e. The minimum atomic E-state index is -0.643. The Kier molecular flexibility index (Phi) is 5.48. The Balaban J connectivity index is 1.36. The number of aliphatic hydroxyl groups is 1. The van der Waals surface area contributed by atoms with E-state index in [1.54, 1.807) is 12.4 Å². The molecule has 0 radical (unpaired) electrons. The summed E-state index contributed by atoms with van der Waals surface area (Å²) in [6.07, 6.45) is 4.60. The molecule has 0 saturated heterocycles. The molecule has 1 amide bonds. The molecule has 3 aromatic rings. The second-order valence-corrected chi connectivity index (χ2v) is 7.17. The summed E-state index contributed by atoms with van der Waals surface area (Å²) in [6.45, 7) is 1.84. The van der Waals surface area contributed by atoms with E-state index in [2.05, 4.69) is 10.1 Å². The molecule has 1 N–H and O–H groups in total. The summed E-state index contributed by atoms with van der Waals surface area (Å²) in [5.41, 5.74) is 3.80. The molecule has 0 aliphatic carbocycles. The number of aliphatic hydroxyl groups excluding tert-OH is 1. The molecule has 1 aromatic carbocycles. The van der Waals surface area contributed by atoms with E-state index in [1.165, 1.54) is 0 Å². The molecule has 3 heterocycles. The van der Waals surface area contributed by atoms with E-state index in [-0.39, 0.29) is 5.91 Å². The second-order valence-electron chi connectivity index (χ2n) is 7.17. The Bertz CT molecular complexity index is 924. The van der Waals surface area contributed by atoms with Gasteiger partial charge in [-0.15, -0.1) is 0 Å². The zero-order valence-electron chi connectivity index (χ0n) is 15.7. The van der Waals surface area contributed by atoms with Gasteiger partial charge in [0.15, 0.2) is 0 Å². The highest BCUT2D eigenvalue weighted by Crippen LogP contribution is 2.21. The van der Waals surface area contributed by atoms with Crippen molar-refractivity contribution in [2.75, 3.05) is 6.54 Å². The van der Waals surface area contributed by atoms with Crippen LogP contribution in [0, 0.1) is 0 Å². The van der Waals surface area contributed by atoms with E-state index in [0.717, 1.165) is 16.8 Å². The molecule has 6 heteroatoms. The zero-order valence-corrected chi connectivity index (χ0v) is 15.7. The molecular weight excluding hydrogens is 352 g/mol. The monoisotopic (exact) mass is 376 g/mol. The molecule has 1 aliphatic rings. The van der Waals surface area contributed by atoms with Crippen LogP contribution >= 0.6 is 0 Å². The van der Waals surface area contributed by atoms with Crippen LogP contribution in [0.5, 0.6) is 0 Å². The summed E-state index contributed by atoms with van der Waals surface area (Å²) in [7, 11) is 0. The van der Waals surface area contributed by atoms with Crippen molar-refractivity contribution < 1.29 is 9.90 Å². The molecule has 0 saturated carbocycles. The topological polar surface area (TPSA) is 71.2 Å². The molecule has 28 heavy (non-hydrogen) atoms. The van der Waals surface area contributed by atoms with Gasteiger partial charge in [-0.25, -0.2) is 0 Å². The highest BCUT2D eigenvalue weighted by molar-refractivity contribution is 5.76. The number of rotatable bonds is 6. The quantitative estimate of drug-likeness (QED) is 0.718. The normalized spacial score (nSPS) is 14.5. The highest BCUT2D eigenvalue weighted by atomic mass is 16.3. The fourth-order valence-corrected chi connectivity index (χ4v) is 3.56. The molecule has 6 nitrogen and oxygen atoms in total. The number of benzene rings is 1. The van der Waals surface area contributed by atoms with Crippen molar-refractivity contribution in [3.8, 4) is 0 Å². The first kappa shape index (κ1) is 18.4. The molecule has 0 spiro atoms. The minimum Gasteiger partial charge on any atom is -0.386 e. The minimum absolute atomic E-state index is 0.141. The Morgan fingerprint density at radius 1 is 1.11 bits per heavy atom. The molecule has 1 aliphatic heterocycles. The van der Waals surface area contributed by atoms with Gasteiger partial charge in [-0.3, -0.25) is 14.5 Å².